The summed E-state index contributed by atoms with van der Waals surface area (Å²) in [6, 6.07) is 13.3. The van der Waals surface area contributed by atoms with Gasteiger partial charge in [-0.25, -0.2) is 13.9 Å². The maximum absolute atomic E-state index is 13.0. The SMILES string of the molecule is CCCCN(Cc1ccc(C(=O)NO)cc1)S(=O)(=O)c1ccc(C)cc1. The Labute approximate surface area is 154 Å². The second-order valence-corrected chi connectivity index (χ2v) is 8.08. The minimum Gasteiger partial charge on any atom is -0.288 e. The summed E-state index contributed by atoms with van der Waals surface area (Å²) >= 11 is 0. The van der Waals surface area contributed by atoms with E-state index in [-0.39, 0.29) is 11.4 Å². The lowest BCUT2D eigenvalue weighted by Gasteiger charge is -2.22. The molecule has 26 heavy (non-hydrogen) atoms. The van der Waals surface area contributed by atoms with Crippen LogP contribution in [0.25, 0.3) is 0 Å². The molecule has 0 bridgehead atoms. The molecule has 0 aliphatic rings. The van der Waals surface area contributed by atoms with Crippen LogP contribution in [0.4, 0.5) is 0 Å². The van der Waals surface area contributed by atoms with Gasteiger partial charge in [-0.15, -0.1) is 0 Å². The molecule has 6 nitrogen and oxygen atoms in total. The van der Waals surface area contributed by atoms with E-state index in [2.05, 4.69) is 0 Å². The average Bonchev–Trinajstić information content (AvgIpc) is 2.65. The fourth-order valence-electron chi connectivity index (χ4n) is 2.51. The molecular formula is C19H24N2O4S. The Morgan fingerprint density at radius 3 is 2.23 bits per heavy atom. The highest BCUT2D eigenvalue weighted by molar-refractivity contribution is 7.89. The summed E-state index contributed by atoms with van der Waals surface area (Å²) in [4.78, 5) is 11.7. The van der Waals surface area contributed by atoms with Gasteiger partial charge in [0.1, 0.15) is 0 Å². The van der Waals surface area contributed by atoms with Crippen LogP contribution in [-0.2, 0) is 16.6 Å². The van der Waals surface area contributed by atoms with Gasteiger partial charge in [0.25, 0.3) is 5.91 Å². The number of sulfonamides is 1. The molecule has 140 valence electrons. The summed E-state index contributed by atoms with van der Waals surface area (Å²) in [5, 5.41) is 8.67. The number of hydrogen-bond acceptors (Lipinski definition) is 4. The van der Waals surface area contributed by atoms with Gasteiger partial charge < -0.3 is 0 Å². The number of hydroxylamine groups is 1. The Morgan fingerprint density at radius 2 is 1.69 bits per heavy atom. The largest absolute Gasteiger partial charge is 0.288 e. The summed E-state index contributed by atoms with van der Waals surface area (Å²) in [5.74, 6) is -0.605. The molecule has 0 unspecified atom stereocenters. The molecule has 0 atom stereocenters. The van der Waals surface area contributed by atoms with Crippen molar-refractivity contribution in [3.63, 3.8) is 0 Å². The monoisotopic (exact) mass is 376 g/mol. The molecule has 2 aromatic rings. The quantitative estimate of drug-likeness (QED) is 0.547. The van der Waals surface area contributed by atoms with Crippen LogP contribution in [0.1, 0.15) is 41.3 Å². The maximum atomic E-state index is 13.0. The zero-order valence-corrected chi connectivity index (χ0v) is 15.8. The van der Waals surface area contributed by atoms with E-state index in [1.54, 1.807) is 54.0 Å². The standard InChI is InChI=1S/C19H24N2O4S/c1-3-4-13-21(26(24,25)18-11-5-15(2)6-12-18)14-16-7-9-17(10-8-16)19(22)20-23/h5-12,23H,3-4,13-14H2,1-2H3,(H,20,22). The summed E-state index contributed by atoms with van der Waals surface area (Å²) in [6.07, 6.45) is 1.64. The number of nitrogens with one attached hydrogen (secondary N) is 1. The molecule has 1 amide bonds. The van der Waals surface area contributed by atoms with Gasteiger partial charge in [-0.1, -0.05) is 43.2 Å². The number of carbonyl (C=O) groups excluding carboxylic acids is 1. The molecule has 0 aromatic heterocycles. The normalized spacial score (nSPS) is 11.5. The molecule has 0 aliphatic heterocycles. The Morgan fingerprint density at radius 1 is 1.08 bits per heavy atom. The van der Waals surface area contributed by atoms with Crippen LogP contribution in [0.2, 0.25) is 0 Å². The number of amides is 1. The predicted molar refractivity (Wildman–Crippen MR) is 99.4 cm³/mol. The number of benzene rings is 2. The van der Waals surface area contributed by atoms with Gasteiger partial charge >= 0.3 is 0 Å². The fourth-order valence-corrected chi connectivity index (χ4v) is 3.97. The first-order valence-corrected chi connectivity index (χ1v) is 9.92. The van der Waals surface area contributed by atoms with Crippen molar-refractivity contribution in [2.45, 2.75) is 38.1 Å². The molecule has 0 fully saturated rings. The molecule has 2 rings (SSSR count). The summed E-state index contributed by atoms with van der Waals surface area (Å²) < 4.78 is 27.5. The summed E-state index contributed by atoms with van der Waals surface area (Å²) in [5.41, 5.74) is 3.65. The number of aryl methyl sites for hydroxylation is 1. The first kappa shape index (κ1) is 20.1. The lowest BCUT2D eigenvalue weighted by Crippen LogP contribution is -2.31. The zero-order chi connectivity index (χ0) is 19.2. The summed E-state index contributed by atoms with van der Waals surface area (Å²) in [7, 11) is -3.61. The molecule has 0 aliphatic carbocycles. The van der Waals surface area contributed by atoms with Crippen molar-refractivity contribution in [1.82, 2.24) is 9.79 Å². The first-order chi connectivity index (χ1) is 12.4. The second-order valence-electron chi connectivity index (χ2n) is 6.14. The number of rotatable bonds is 8. The van der Waals surface area contributed by atoms with Crippen molar-refractivity contribution in [3.8, 4) is 0 Å². The zero-order valence-electron chi connectivity index (χ0n) is 15.0. The molecule has 0 heterocycles. The second kappa shape index (κ2) is 8.93. The lowest BCUT2D eigenvalue weighted by atomic mass is 10.1. The third-order valence-electron chi connectivity index (χ3n) is 4.10. The molecule has 0 saturated carbocycles. The van der Waals surface area contributed by atoms with Gasteiger partial charge in [0, 0.05) is 18.7 Å². The van der Waals surface area contributed by atoms with E-state index in [9.17, 15) is 13.2 Å². The number of carbonyl (C=O) groups is 1. The highest BCUT2D eigenvalue weighted by Gasteiger charge is 2.24. The molecule has 0 saturated heterocycles. The maximum Gasteiger partial charge on any atom is 0.274 e. The highest BCUT2D eigenvalue weighted by Crippen LogP contribution is 2.20. The molecule has 7 heteroatoms. The Balaban J connectivity index is 2.26. The van der Waals surface area contributed by atoms with Crippen molar-refractivity contribution >= 4 is 15.9 Å². The Hall–Kier alpha value is -2.22. The van der Waals surface area contributed by atoms with E-state index >= 15 is 0 Å². The minimum atomic E-state index is -3.61. The average molecular weight is 376 g/mol. The van der Waals surface area contributed by atoms with E-state index in [1.165, 1.54) is 4.31 Å². The van der Waals surface area contributed by atoms with Crippen molar-refractivity contribution in [3.05, 3.63) is 65.2 Å². The van der Waals surface area contributed by atoms with Crippen LogP contribution in [-0.4, -0.2) is 30.4 Å². The molecular weight excluding hydrogens is 352 g/mol. The van der Waals surface area contributed by atoms with Gasteiger partial charge in [-0.2, -0.15) is 4.31 Å². The van der Waals surface area contributed by atoms with E-state index in [0.717, 1.165) is 24.0 Å². The fraction of sp³-hybridized carbons (Fsp3) is 0.316. The van der Waals surface area contributed by atoms with Crippen LogP contribution in [0.3, 0.4) is 0 Å². The Kier molecular flexibility index (Phi) is 6.90. The van der Waals surface area contributed by atoms with Gasteiger partial charge in [0.15, 0.2) is 0 Å². The summed E-state index contributed by atoms with van der Waals surface area (Å²) in [6.45, 7) is 4.57. The smallest absolute Gasteiger partial charge is 0.274 e. The van der Waals surface area contributed by atoms with Crippen LogP contribution in [0, 0.1) is 6.92 Å². The van der Waals surface area contributed by atoms with Crippen LogP contribution >= 0.6 is 0 Å². The molecule has 2 N–H and O–H groups in total. The van der Waals surface area contributed by atoms with Gasteiger partial charge in [0.2, 0.25) is 10.0 Å². The van der Waals surface area contributed by atoms with Crippen LogP contribution in [0.15, 0.2) is 53.4 Å². The number of unbranched alkanes of at least 4 members (excludes halogenated alkanes) is 1. The van der Waals surface area contributed by atoms with E-state index in [4.69, 9.17) is 5.21 Å². The topological polar surface area (TPSA) is 86.7 Å². The van der Waals surface area contributed by atoms with Gasteiger partial charge in [-0.3, -0.25) is 10.0 Å². The van der Waals surface area contributed by atoms with E-state index in [1.807, 2.05) is 13.8 Å². The van der Waals surface area contributed by atoms with Crippen LogP contribution in [0.5, 0.6) is 0 Å². The van der Waals surface area contributed by atoms with Gasteiger partial charge in [-0.05, 0) is 43.2 Å². The van der Waals surface area contributed by atoms with Crippen LogP contribution < -0.4 is 5.48 Å². The third-order valence-corrected chi connectivity index (χ3v) is 5.96. The third kappa shape index (κ3) is 4.91. The highest BCUT2D eigenvalue weighted by atomic mass is 32.2. The van der Waals surface area contributed by atoms with Crippen molar-refractivity contribution in [2.75, 3.05) is 6.54 Å². The Bertz CT molecular complexity index is 831. The van der Waals surface area contributed by atoms with Gasteiger partial charge in [0.05, 0.1) is 4.90 Å². The number of hydrogen-bond donors (Lipinski definition) is 2. The minimum absolute atomic E-state index is 0.219. The predicted octanol–water partition coefficient (Wildman–Crippen LogP) is 3.11. The van der Waals surface area contributed by atoms with Crippen molar-refractivity contribution in [1.29, 1.82) is 0 Å². The van der Waals surface area contributed by atoms with E-state index in [0.29, 0.717) is 12.1 Å². The molecule has 0 spiro atoms. The number of nitrogens with zero attached hydrogens (tertiary/aromatic N) is 1. The van der Waals surface area contributed by atoms with Crippen molar-refractivity contribution < 1.29 is 18.4 Å². The molecule has 0 radical (unpaired) electrons. The first-order valence-electron chi connectivity index (χ1n) is 8.48. The molecule has 2 aromatic carbocycles. The van der Waals surface area contributed by atoms with Crippen molar-refractivity contribution in [2.24, 2.45) is 0 Å². The lowest BCUT2D eigenvalue weighted by molar-refractivity contribution is 0.0706. The van der Waals surface area contributed by atoms with E-state index < -0.39 is 15.9 Å².